The van der Waals surface area contributed by atoms with E-state index in [1.165, 1.54) is 32.1 Å². The number of aryl methyl sites for hydroxylation is 1. The molecule has 1 aliphatic rings. The molecule has 0 bridgehead atoms. The highest BCUT2D eigenvalue weighted by atomic mass is 16.2. The monoisotopic (exact) mass is 290 g/mol. The third-order valence-electron chi connectivity index (χ3n) is 4.06. The van der Waals surface area contributed by atoms with Gasteiger partial charge in [0.05, 0.1) is 0 Å². The largest absolute Gasteiger partial charge is 0.367 e. The van der Waals surface area contributed by atoms with Gasteiger partial charge in [0, 0.05) is 25.2 Å². The Morgan fingerprint density at radius 3 is 2.52 bits per heavy atom. The van der Waals surface area contributed by atoms with Crippen LogP contribution in [0.1, 0.15) is 62.3 Å². The van der Waals surface area contributed by atoms with Gasteiger partial charge in [-0.3, -0.25) is 4.79 Å². The molecule has 0 aromatic carbocycles. The van der Waals surface area contributed by atoms with Crippen molar-refractivity contribution in [1.29, 1.82) is 0 Å². The summed E-state index contributed by atoms with van der Waals surface area (Å²) in [6.07, 6.45) is 6.23. The molecule has 2 rings (SSSR count). The number of aromatic nitrogens is 2. The first-order chi connectivity index (χ1) is 10.1. The van der Waals surface area contributed by atoms with Crippen molar-refractivity contribution in [3.8, 4) is 0 Å². The Hall–Kier alpha value is -1.65. The molecule has 1 N–H and O–H groups in total. The van der Waals surface area contributed by atoms with E-state index in [1.54, 1.807) is 11.0 Å². The van der Waals surface area contributed by atoms with Crippen molar-refractivity contribution in [3.05, 3.63) is 17.6 Å². The summed E-state index contributed by atoms with van der Waals surface area (Å²) in [5.41, 5.74) is 0.490. The van der Waals surface area contributed by atoms with Crippen LogP contribution >= 0.6 is 0 Å². The van der Waals surface area contributed by atoms with Gasteiger partial charge in [-0.2, -0.15) is 0 Å². The van der Waals surface area contributed by atoms with Crippen molar-refractivity contribution in [1.82, 2.24) is 14.9 Å². The Balaban J connectivity index is 2.14. The Morgan fingerprint density at radius 2 is 1.90 bits per heavy atom. The summed E-state index contributed by atoms with van der Waals surface area (Å²) in [4.78, 5) is 22.9. The molecule has 1 aliphatic carbocycles. The van der Waals surface area contributed by atoms with Crippen LogP contribution < -0.4 is 5.32 Å². The fourth-order valence-electron chi connectivity index (χ4n) is 2.88. The third kappa shape index (κ3) is 4.16. The van der Waals surface area contributed by atoms with Crippen molar-refractivity contribution < 1.29 is 4.79 Å². The summed E-state index contributed by atoms with van der Waals surface area (Å²) in [5.74, 6) is 1.41. The van der Waals surface area contributed by atoms with Crippen LogP contribution in [0.4, 0.5) is 5.82 Å². The normalized spacial score (nSPS) is 15.8. The van der Waals surface area contributed by atoms with Crippen molar-refractivity contribution >= 4 is 11.7 Å². The van der Waals surface area contributed by atoms with Crippen LogP contribution in [-0.2, 0) is 0 Å². The van der Waals surface area contributed by atoms with Gasteiger partial charge in [-0.15, -0.1) is 0 Å². The number of nitrogens with zero attached hydrogens (tertiary/aromatic N) is 3. The number of carbonyl (C=O) groups excluding carboxylic acids is 1. The second-order valence-electron chi connectivity index (χ2n) is 5.64. The highest BCUT2D eigenvalue weighted by molar-refractivity contribution is 5.93. The number of amides is 1. The van der Waals surface area contributed by atoms with Crippen LogP contribution in [-0.4, -0.2) is 39.9 Å². The minimum absolute atomic E-state index is 0.0165. The van der Waals surface area contributed by atoms with Crippen LogP contribution in [0.15, 0.2) is 6.07 Å². The highest BCUT2D eigenvalue weighted by Crippen LogP contribution is 2.21. The second kappa shape index (κ2) is 7.38. The molecular formula is C16H26N4O. The van der Waals surface area contributed by atoms with E-state index in [0.29, 0.717) is 30.6 Å². The molecule has 1 saturated carbocycles. The molecule has 0 spiro atoms. The Morgan fingerprint density at radius 1 is 1.24 bits per heavy atom. The number of carbonyl (C=O) groups is 1. The Bertz CT molecular complexity index is 479. The quantitative estimate of drug-likeness (QED) is 0.905. The molecule has 1 fully saturated rings. The van der Waals surface area contributed by atoms with Gasteiger partial charge >= 0.3 is 0 Å². The number of anilines is 1. The summed E-state index contributed by atoms with van der Waals surface area (Å²) in [7, 11) is 0. The maximum Gasteiger partial charge on any atom is 0.272 e. The van der Waals surface area contributed by atoms with E-state index >= 15 is 0 Å². The molecule has 5 nitrogen and oxygen atoms in total. The van der Waals surface area contributed by atoms with Crippen molar-refractivity contribution in [2.75, 3.05) is 18.4 Å². The van der Waals surface area contributed by atoms with E-state index in [9.17, 15) is 4.79 Å². The van der Waals surface area contributed by atoms with Gasteiger partial charge in [-0.1, -0.05) is 19.3 Å². The van der Waals surface area contributed by atoms with Crippen LogP contribution in [0.5, 0.6) is 0 Å². The zero-order chi connectivity index (χ0) is 15.2. The van der Waals surface area contributed by atoms with E-state index in [0.717, 1.165) is 5.82 Å². The molecule has 1 aromatic rings. The first-order valence-electron chi connectivity index (χ1n) is 8.05. The summed E-state index contributed by atoms with van der Waals surface area (Å²) < 4.78 is 0. The number of rotatable bonds is 5. The predicted molar refractivity (Wildman–Crippen MR) is 84.5 cm³/mol. The molecule has 1 amide bonds. The number of hydrogen-bond acceptors (Lipinski definition) is 4. The summed E-state index contributed by atoms with van der Waals surface area (Å²) in [5, 5.41) is 3.47. The topological polar surface area (TPSA) is 58.1 Å². The lowest BCUT2D eigenvalue weighted by Crippen LogP contribution is -2.31. The lowest BCUT2D eigenvalue weighted by atomic mass is 9.95. The van der Waals surface area contributed by atoms with Crippen LogP contribution in [0.3, 0.4) is 0 Å². The lowest BCUT2D eigenvalue weighted by Gasteiger charge is -2.24. The zero-order valence-electron chi connectivity index (χ0n) is 13.4. The fraction of sp³-hybridized carbons (Fsp3) is 0.688. The van der Waals surface area contributed by atoms with Crippen molar-refractivity contribution in [3.63, 3.8) is 0 Å². The first-order valence-corrected chi connectivity index (χ1v) is 8.05. The van der Waals surface area contributed by atoms with E-state index in [4.69, 9.17) is 0 Å². The lowest BCUT2D eigenvalue weighted by molar-refractivity contribution is 0.0766. The maximum atomic E-state index is 12.4. The Kier molecular flexibility index (Phi) is 5.53. The van der Waals surface area contributed by atoms with Gasteiger partial charge in [-0.05, 0) is 33.6 Å². The smallest absolute Gasteiger partial charge is 0.272 e. The standard InChI is InChI=1S/C16H26N4O/c1-4-20(5-2)16(21)14-11-15(18-12(3)17-14)19-13-9-7-6-8-10-13/h11,13H,4-10H2,1-3H3,(H,17,18,19). The van der Waals surface area contributed by atoms with Gasteiger partial charge in [-0.25, -0.2) is 9.97 Å². The zero-order valence-corrected chi connectivity index (χ0v) is 13.4. The molecule has 0 saturated heterocycles. The van der Waals surface area contributed by atoms with E-state index in [-0.39, 0.29) is 5.91 Å². The molecule has 0 aliphatic heterocycles. The fourth-order valence-corrected chi connectivity index (χ4v) is 2.88. The summed E-state index contributed by atoms with van der Waals surface area (Å²) in [6, 6.07) is 2.27. The van der Waals surface area contributed by atoms with Gasteiger partial charge in [0.15, 0.2) is 0 Å². The average molecular weight is 290 g/mol. The maximum absolute atomic E-state index is 12.4. The molecule has 5 heteroatoms. The Labute approximate surface area is 127 Å². The van der Waals surface area contributed by atoms with Gasteiger partial charge in [0.2, 0.25) is 0 Å². The van der Waals surface area contributed by atoms with E-state index in [1.807, 2.05) is 20.8 Å². The molecule has 0 radical (unpaired) electrons. The second-order valence-corrected chi connectivity index (χ2v) is 5.64. The molecule has 116 valence electrons. The average Bonchev–Trinajstić information content (AvgIpc) is 2.49. The molecular weight excluding hydrogens is 264 g/mol. The molecule has 0 unspecified atom stereocenters. The number of nitrogens with one attached hydrogen (secondary N) is 1. The van der Waals surface area contributed by atoms with Crippen LogP contribution in [0.2, 0.25) is 0 Å². The molecule has 1 aromatic heterocycles. The van der Waals surface area contributed by atoms with Crippen LogP contribution in [0.25, 0.3) is 0 Å². The van der Waals surface area contributed by atoms with Crippen molar-refractivity contribution in [2.24, 2.45) is 0 Å². The predicted octanol–water partition coefficient (Wildman–Crippen LogP) is 3.01. The SMILES string of the molecule is CCN(CC)C(=O)c1cc(NC2CCCCC2)nc(C)n1. The molecule has 21 heavy (non-hydrogen) atoms. The van der Waals surface area contributed by atoms with Gasteiger partial charge in [0.1, 0.15) is 17.3 Å². The minimum Gasteiger partial charge on any atom is -0.367 e. The number of hydrogen-bond donors (Lipinski definition) is 1. The molecule has 0 atom stereocenters. The highest BCUT2D eigenvalue weighted by Gasteiger charge is 2.18. The van der Waals surface area contributed by atoms with Crippen LogP contribution in [0, 0.1) is 6.92 Å². The first kappa shape index (κ1) is 15.7. The summed E-state index contributed by atoms with van der Waals surface area (Å²) >= 11 is 0. The molecule has 1 heterocycles. The third-order valence-corrected chi connectivity index (χ3v) is 4.06. The van der Waals surface area contributed by atoms with Gasteiger partial charge in [0.25, 0.3) is 5.91 Å². The summed E-state index contributed by atoms with van der Waals surface area (Å²) in [6.45, 7) is 7.20. The van der Waals surface area contributed by atoms with Gasteiger partial charge < -0.3 is 10.2 Å². The minimum atomic E-state index is -0.0165. The van der Waals surface area contributed by atoms with E-state index in [2.05, 4.69) is 15.3 Å². The van der Waals surface area contributed by atoms with Crippen molar-refractivity contribution in [2.45, 2.75) is 58.9 Å². The van der Waals surface area contributed by atoms with E-state index < -0.39 is 0 Å².